The number of nitrogens with zero attached hydrogens (tertiary/aromatic N) is 2. The highest BCUT2D eigenvalue weighted by Gasteiger charge is 1.96. The van der Waals surface area contributed by atoms with E-state index in [9.17, 15) is 0 Å². The van der Waals surface area contributed by atoms with Gasteiger partial charge in [-0.3, -0.25) is 4.68 Å². The van der Waals surface area contributed by atoms with E-state index in [1.165, 1.54) is 11.1 Å². The van der Waals surface area contributed by atoms with Crippen LogP contribution in [0.2, 0.25) is 0 Å². The van der Waals surface area contributed by atoms with Crippen molar-refractivity contribution >= 4 is 6.08 Å². The summed E-state index contributed by atoms with van der Waals surface area (Å²) in [6, 6.07) is 10.3. The van der Waals surface area contributed by atoms with Gasteiger partial charge in [0.25, 0.3) is 0 Å². The Morgan fingerprint density at radius 2 is 2.11 bits per heavy atom. The first kappa shape index (κ1) is 13.1. The van der Waals surface area contributed by atoms with Crippen LogP contribution in [0.1, 0.15) is 25.0 Å². The zero-order valence-corrected chi connectivity index (χ0v) is 11.4. The zero-order chi connectivity index (χ0) is 13.5. The van der Waals surface area contributed by atoms with Crippen molar-refractivity contribution in [1.29, 1.82) is 0 Å². The van der Waals surface area contributed by atoms with Crippen LogP contribution in [0, 0.1) is 0 Å². The van der Waals surface area contributed by atoms with Gasteiger partial charge in [-0.1, -0.05) is 36.4 Å². The quantitative estimate of drug-likeness (QED) is 0.591. The fourth-order valence-electron chi connectivity index (χ4n) is 1.66. The summed E-state index contributed by atoms with van der Waals surface area (Å²) in [6.45, 7) is 4.87. The van der Waals surface area contributed by atoms with Gasteiger partial charge in [-0.15, -0.1) is 5.73 Å². The molecule has 1 aromatic carbocycles. The minimum atomic E-state index is 0.798. The Morgan fingerprint density at radius 3 is 2.84 bits per heavy atom. The lowest BCUT2D eigenvalue weighted by Crippen LogP contribution is -1.98. The maximum atomic E-state index is 4.35. The summed E-state index contributed by atoms with van der Waals surface area (Å²) in [5.74, 6) is 0. The van der Waals surface area contributed by atoms with Crippen molar-refractivity contribution in [3.8, 4) is 0 Å². The summed E-state index contributed by atoms with van der Waals surface area (Å²) < 4.78 is 1.94. The smallest absolute Gasteiger partial charge is 0.0659 e. The molecule has 0 bridgehead atoms. The first-order valence-corrected chi connectivity index (χ1v) is 6.39. The number of allylic oxidation sites excluding steroid dienone is 3. The zero-order valence-electron chi connectivity index (χ0n) is 11.4. The van der Waals surface area contributed by atoms with Crippen LogP contribution in [-0.4, -0.2) is 9.78 Å². The molecule has 1 aromatic heterocycles. The topological polar surface area (TPSA) is 17.8 Å². The molecular formula is C17H18N2. The van der Waals surface area contributed by atoms with Gasteiger partial charge in [0.2, 0.25) is 0 Å². The van der Waals surface area contributed by atoms with Crippen molar-refractivity contribution in [1.82, 2.24) is 9.78 Å². The molecule has 1 heterocycles. The van der Waals surface area contributed by atoms with E-state index in [4.69, 9.17) is 0 Å². The van der Waals surface area contributed by atoms with Gasteiger partial charge >= 0.3 is 0 Å². The molecule has 19 heavy (non-hydrogen) atoms. The molecule has 0 spiro atoms. The van der Waals surface area contributed by atoms with E-state index in [0.717, 1.165) is 12.1 Å². The largest absolute Gasteiger partial charge is 0.268 e. The number of hydrogen-bond donors (Lipinski definition) is 0. The van der Waals surface area contributed by atoms with E-state index in [1.54, 1.807) is 0 Å². The molecule has 0 radical (unpaired) electrons. The van der Waals surface area contributed by atoms with E-state index < -0.39 is 0 Å². The van der Waals surface area contributed by atoms with Crippen LogP contribution in [0.3, 0.4) is 0 Å². The van der Waals surface area contributed by atoms with Crippen LogP contribution in [0.15, 0.2) is 66.2 Å². The second-order valence-corrected chi connectivity index (χ2v) is 4.44. The third kappa shape index (κ3) is 4.13. The Hall–Kier alpha value is -2.31. The summed E-state index contributed by atoms with van der Waals surface area (Å²) in [4.78, 5) is 0. The van der Waals surface area contributed by atoms with Crippen LogP contribution >= 0.6 is 0 Å². The SMILES string of the molecule is C/C=C(/C)C=C=Cc1cnn(Cc2ccccc2)c1. The molecule has 2 rings (SSSR count). The lowest BCUT2D eigenvalue weighted by atomic mass is 10.2. The average Bonchev–Trinajstić information content (AvgIpc) is 2.87. The van der Waals surface area contributed by atoms with Crippen LogP contribution in [0.4, 0.5) is 0 Å². The highest BCUT2D eigenvalue weighted by atomic mass is 15.3. The fraction of sp³-hybridized carbons (Fsp3) is 0.176. The molecule has 0 saturated heterocycles. The van der Waals surface area contributed by atoms with Crippen molar-refractivity contribution in [3.63, 3.8) is 0 Å². The minimum Gasteiger partial charge on any atom is -0.268 e. The van der Waals surface area contributed by atoms with Crippen molar-refractivity contribution in [2.24, 2.45) is 0 Å². The summed E-state index contributed by atoms with van der Waals surface area (Å²) >= 11 is 0. The predicted octanol–water partition coefficient (Wildman–Crippen LogP) is 4.07. The Kier molecular flexibility index (Phi) is 4.54. The van der Waals surface area contributed by atoms with Gasteiger partial charge in [-0.2, -0.15) is 5.10 Å². The summed E-state index contributed by atoms with van der Waals surface area (Å²) in [7, 11) is 0. The summed E-state index contributed by atoms with van der Waals surface area (Å²) in [5, 5.41) is 4.35. The molecule has 0 aliphatic heterocycles. The molecule has 0 aliphatic rings. The molecule has 0 saturated carbocycles. The Labute approximate surface area is 114 Å². The maximum Gasteiger partial charge on any atom is 0.0659 e. The van der Waals surface area contributed by atoms with E-state index in [-0.39, 0.29) is 0 Å². The van der Waals surface area contributed by atoms with Crippen molar-refractivity contribution < 1.29 is 0 Å². The summed E-state index contributed by atoms with van der Waals surface area (Å²) in [5.41, 5.74) is 6.68. The minimum absolute atomic E-state index is 0.798. The molecular weight excluding hydrogens is 232 g/mol. The standard InChI is InChI=1S/C17H18N2/c1-3-15(2)8-7-11-17-12-18-19(14-17)13-16-9-5-4-6-10-16/h3-6,8-12,14H,13H2,1-2H3/b15-3-. The number of aromatic nitrogens is 2. The number of rotatable bonds is 4. The maximum absolute atomic E-state index is 4.35. The molecule has 0 atom stereocenters. The molecule has 0 fully saturated rings. The normalized spacial score (nSPS) is 10.9. The fourth-order valence-corrected chi connectivity index (χ4v) is 1.66. The third-order valence-corrected chi connectivity index (χ3v) is 2.86. The average molecular weight is 250 g/mol. The van der Waals surface area contributed by atoms with Crippen LogP contribution < -0.4 is 0 Å². The van der Waals surface area contributed by atoms with Gasteiger partial charge in [-0.25, -0.2) is 0 Å². The van der Waals surface area contributed by atoms with Gasteiger partial charge in [0.05, 0.1) is 12.7 Å². The van der Waals surface area contributed by atoms with E-state index >= 15 is 0 Å². The predicted molar refractivity (Wildman–Crippen MR) is 79.7 cm³/mol. The Morgan fingerprint density at radius 1 is 1.32 bits per heavy atom. The third-order valence-electron chi connectivity index (χ3n) is 2.86. The van der Waals surface area contributed by atoms with Crippen molar-refractivity contribution in [3.05, 3.63) is 77.3 Å². The van der Waals surface area contributed by atoms with Gasteiger partial charge in [0, 0.05) is 11.8 Å². The van der Waals surface area contributed by atoms with Crippen LogP contribution in [-0.2, 0) is 6.54 Å². The van der Waals surface area contributed by atoms with Gasteiger partial charge < -0.3 is 0 Å². The molecule has 2 heteroatoms. The molecule has 0 N–H and O–H groups in total. The molecule has 96 valence electrons. The van der Waals surface area contributed by atoms with Gasteiger partial charge in [-0.05, 0) is 37.1 Å². The molecule has 0 amide bonds. The van der Waals surface area contributed by atoms with Crippen molar-refractivity contribution in [2.45, 2.75) is 20.4 Å². The molecule has 0 aliphatic carbocycles. The highest BCUT2D eigenvalue weighted by molar-refractivity contribution is 5.46. The Balaban J connectivity index is 2.06. The second-order valence-electron chi connectivity index (χ2n) is 4.44. The Bertz CT molecular complexity index is 612. The van der Waals surface area contributed by atoms with Crippen LogP contribution in [0.25, 0.3) is 6.08 Å². The van der Waals surface area contributed by atoms with E-state index in [1.807, 2.05) is 54.4 Å². The first-order valence-electron chi connectivity index (χ1n) is 6.39. The van der Waals surface area contributed by atoms with Crippen molar-refractivity contribution in [2.75, 3.05) is 0 Å². The summed E-state index contributed by atoms with van der Waals surface area (Å²) in [6.07, 6.45) is 9.85. The lowest BCUT2D eigenvalue weighted by Gasteiger charge is -2.00. The molecule has 2 nitrogen and oxygen atoms in total. The van der Waals surface area contributed by atoms with Gasteiger partial charge in [0.15, 0.2) is 0 Å². The van der Waals surface area contributed by atoms with E-state index in [0.29, 0.717) is 0 Å². The number of hydrogen-bond acceptors (Lipinski definition) is 1. The lowest BCUT2D eigenvalue weighted by molar-refractivity contribution is 0.687. The van der Waals surface area contributed by atoms with E-state index in [2.05, 4.69) is 36.0 Å². The molecule has 0 unspecified atom stereocenters. The highest BCUT2D eigenvalue weighted by Crippen LogP contribution is 2.05. The van der Waals surface area contributed by atoms with Crippen LogP contribution in [0.5, 0.6) is 0 Å². The first-order chi connectivity index (χ1) is 9.28. The second kappa shape index (κ2) is 6.58. The number of benzene rings is 1. The molecule has 2 aromatic rings. The monoisotopic (exact) mass is 250 g/mol. The van der Waals surface area contributed by atoms with Gasteiger partial charge in [0.1, 0.15) is 0 Å².